The number of primary amides is 1. The van der Waals surface area contributed by atoms with E-state index in [2.05, 4.69) is 22.5 Å². The molecule has 5 heterocycles. The van der Waals surface area contributed by atoms with Crippen molar-refractivity contribution in [1.29, 1.82) is 0 Å². The molecule has 4 fully saturated rings. The lowest BCUT2D eigenvalue weighted by Gasteiger charge is -2.48. The lowest BCUT2D eigenvalue weighted by molar-refractivity contribution is -0.301. The molecule has 1 amide bonds. The number of hydrogen-bond donors (Lipinski definition) is 5. The lowest BCUT2D eigenvalue weighted by Crippen LogP contribution is -2.60. The normalized spacial score (nSPS) is 29.3. The fraction of sp³-hybridized carbons (Fsp3) is 0.606. The van der Waals surface area contributed by atoms with Gasteiger partial charge in [0.1, 0.15) is 35.3 Å². The number of carboxylic acid groups (broad SMARTS) is 1. The van der Waals surface area contributed by atoms with Gasteiger partial charge in [0.2, 0.25) is 10.9 Å². The maximum absolute atomic E-state index is 15.4. The highest BCUT2D eigenvalue weighted by atomic mass is 19.1. The molecule has 4 aromatic rings. The number of anilines is 1. The molecule has 3 saturated heterocycles. The molecule has 2 aromatic heterocycles. The number of pyridine rings is 2. The number of nitrogens with one attached hydrogen (secondary N) is 2. The number of carboxylic acids is 1. The van der Waals surface area contributed by atoms with Gasteiger partial charge in [-0.1, -0.05) is 44.7 Å². The number of aliphatic hydroxyl groups excluding tert-OH is 1. The first-order valence-corrected chi connectivity index (χ1v) is 31.4. The van der Waals surface area contributed by atoms with Crippen molar-refractivity contribution in [2.24, 2.45) is 34.6 Å². The van der Waals surface area contributed by atoms with Crippen LogP contribution in [0.25, 0.3) is 21.8 Å². The maximum Gasteiger partial charge on any atom is 0.509 e. The highest BCUT2D eigenvalue weighted by molar-refractivity contribution is 5.97. The van der Waals surface area contributed by atoms with E-state index in [9.17, 15) is 43.8 Å². The maximum atomic E-state index is 15.4. The van der Waals surface area contributed by atoms with Crippen molar-refractivity contribution in [3.63, 3.8) is 0 Å². The number of oxime groups is 1. The number of methoxy groups -OCH3 is 1. The van der Waals surface area contributed by atoms with Gasteiger partial charge in [0, 0.05) is 85.3 Å². The molecule has 91 heavy (non-hydrogen) atoms. The number of hydrogen-bond acceptors (Lipinski definition) is 20. The molecular formula is C66H88FN7O17. The molecule has 3 aliphatic heterocycles. The third-order valence-corrected chi connectivity index (χ3v) is 18.4. The summed E-state index contributed by atoms with van der Waals surface area (Å²) in [6.45, 7) is 17.2. The fourth-order valence-electron chi connectivity index (χ4n) is 13.2. The van der Waals surface area contributed by atoms with Crippen LogP contribution in [0.3, 0.4) is 0 Å². The molecule has 1 aliphatic carbocycles. The van der Waals surface area contributed by atoms with Gasteiger partial charge in [-0.3, -0.25) is 24.0 Å². The number of aryl methyl sites for hydroxylation is 1. The summed E-state index contributed by atoms with van der Waals surface area (Å²) in [5.74, 6) is -1.83. The van der Waals surface area contributed by atoms with Gasteiger partial charge in [-0.05, 0) is 131 Å². The summed E-state index contributed by atoms with van der Waals surface area (Å²) in [5, 5.41) is 32.9. The number of halogens is 1. The first-order valence-electron chi connectivity index (χ1n) is 31.4. The van der Waals surface area contributed by atoms with Crippen molar-refractivity contribution in [2.45, 2.75) is 186 Å². The Labute approximate surface area is 528 Å². The topological polar surface area (TPSA) is 309 Å². The van der Waals surface area contributed by atoms with E-state index in [0.717, 1.165) is 18.9 Å². The zero-order valence-corrected chi connectivity index (χ0v) is 54.0. The van der Waals surface area contributed by atoms with Crippen molar-refractivity contribution in [3.05, 3.63) is 85.7 Å². The predicted octanol–water partition coefficient (Wildman–Crippen LogP) is 6.90. The number of rotatable bonds is 21. The number of unbranched alkanes of at least 4 members (excludes halogenated alkanes) is 1. The van der Waals surface area contributed by atoms with Crippen molar-refractivity contribution in [2.75, 3.05) is 52.8 Å². The van der Waals surface area contributed by atoms with Crippen LogP contribution in [0.15, 0.2) is 57.5 Å². The van der Waals surface area contributed by atoms with Gasteiger partial charge in [0.15, 0.2) is 24.6 Å². The van der Waals surface area contributed by atoms with Gasteiger partial charge in [0.25, 0.3) is 5.91 Å². The number of aliphatic hydroxyl groups is 1. The van der Waals surface area contributed by atoms with Crippen LogP contribution in [-0.2, 0) is 54.1 Å². The minimum atomic E-state index is -1.58. The Morgan fingerprint density at radius 2 is 1.63 bits per heavy atom. The van der Waals surface area contributed by atoms with Gasteiger partial charge in [0.05, 0.1) is 52.6 Å². The number of benzene rings is 2. The molecule has 1 saturated carbocycles. The van der Waals surface area contributed by atoms with Crippen molar-refractivity contribution >= 4 is 63.2 Å². The zero-order chi connectivity index (χ0) is 66.4. The van der Waals surface area contributed by atoms with Crippen LogP contribution in [0, 0.1) is 41.3 Å². The van der Waals surface area contributed by atoms with Crippen molar-refractivity contribution in [1.82, 2.24) is 19.4 Å². The third-order valence-electron chi connectivity index (χ3n) is 18.4. The van der Waals surface area contributed by atoms with E-state index in [4.69, 9.17) is 48.9 Å². The van der Waals surface area contributed by atoms with Crippen LogP contribution in [0.4, 0.5) is 14.9 Å². The van der Waals surface area contributed by atoms with E-state index >= 15 is 4.39 Å². The number of nitrogens with two attached hydrogens (primary N) is 1. The Morgan fingerprint density at radius 3 is 2.29 bits per heavy atom. The molecule has 2 aromatic carbocycles. The van der Waals surface area contributed by atoms with E-state index in [1.165, 1.54) is 19.5 Å². The summed E-state index contributed by atoms with van der Waals surface area (Å²) in [4.78, 5) is 101. The average Bonchev–Trinajstić information content (AvgIpc) is 1.78. The number of likely N-dealkylation sites (N-methyl/N-ethyl adjacent to an activating group) is 1. The van der Waals surface area contributed by atoms with E-state index in [1.807, 2.05) is 39.8 Å². The van der Waals surface area contributed by atoms with Crippen LogP contribution < -0.4 is 27.2 Å². The second-order valence-electron chi connectivity index (χ2n) is 25.2. The van der Waals surface area contributed by atoms with E-state index < -0.39 is 124 Å². The van der Waals surface area contributed by atoms with Gasteiger partial charge < -0.3 is 78.6 Å². The van der Waals surface area contributed by atoms with Crippen LogP contribution in [0.1, 0.15) is 146 Å². The summed E-state index contributed by atoms with van der Waals surface area (Å²) in [7, 11) is 5.20. The Bertz CT molecular complexity index is 3580. The molecule has 496 valence electrons. The number of ether oxygens (including phenoxy) is 7. The zero-order valence-electron chi connectivity index (χ0n) is 54.0. The first kappa shape index (κ1) is 69.4. The van der Waals surface area contributed by atoms with Crippen LogP contribution in [0.5, 0.6) is 0 Å². The molecule has 0 radical (unpaired) electrons. The Hall–Kier alpha value is -7.47. The predicted molar refractivity (Wildman–Crippen MR) is 335 cm³/mol. The summed E-state index contributed by atoms with van der Waals surface area (Å²) in [6, 6.07) is 7.33. The van der Waals surface area contributed by atoms with E-state index in [1.54, 1.807) is 74.9 Å². The fourth-order valence-corrected chi connectivity index (χ4v) is 13.2. The van der Waals surface area contributed by atoms with Gasteiger partial charge in [-0.2, -0.15) is 0 Å². The number of amides is 1. The van der Waals surface area contributed by atoms with E-state index in [-0.39, 0.29) is 72.6 Å². The summed E-state index contributed by atoms with van der Waals surface area (Å²) < 4.78 is 63.4. The molecule has 4 aliphatic rings. The Balaban J connectivity index is 1.03. The third kappa shape index (κ3) is 15.4. The summed E-state index contributed by atoms with van der Waals surface area (Å²) in [6.07, 6.45) is -2.09. The number of aromatic nitrogens is 2. The minimum Gasteiger partial charge on any atom is -0.477 e. The summed E-state index contributed by atoms with van der Waals surface area (Å²) >= 11 is 0. The van der Waals surface area contributed by atoms with Gasteiger partial charge in [-0.25, -0.2) is 14.0 Å². The molecule has 0 unspecified atom stereocenters. The summed E-state index contributed by atoms with van der Waals surface area (Å²) in [5.41, 5.74) is 2.85. The molecule has 0 spiro atoms. The minimum absolute atomic E-state index is 0.00171. The first-order chi connectivity index (χ1) is 43.2. The molecule has 8 rings (SSSR count). The van der Waals surface area contributed by atoms with Crippen LogP contribution in [0.2, 0.25) is 0 Å². The molecular weight excluding hydrogens is 1180 g/mol. The molecule has 24 nitrogen and oxygen atoms in total. The average molecular weight is 1270 g/mol. The highest BCUT2D eigenvalue weighted by Crippen LogP contribution is 2.44. The smallest absolute Gasteiger partial charge is 0.477 e. The number of aromatic carboxylic acids is 1. The SMILES string of the molecule is CC[C@H]1OC(=O)[C@H](C)[C@@H](OC(=O)CCNCCCCNc2cc3c(cc2F)c(=O)c(C(=O)O)cn3C2CC2)[C@H](C)[C@@H](O[C@@H]2O[C@H](C)C[C@H](N(C)C)[C@H]2O)[C@](C)(OC)C[C@@H](C)/C(=N\OCC#Cc2ccc3c(c2)c(=O)c(C(N)=O)cn3CC)[C@H](C)[C@H]2OC(=O)O[C@@]21C. The van der Waals surface area contributed by atoms with Gasteiger partial charge in [-0.15, -0.1) is 0 Å². The van der Waals surface area contributed by atoms with Crippen LogP contribution in [-0.4, -0.2) is 168 Å². The quantitative estimate of drug-likeness (QED) is 0.0186. The van der Waals surface area contributed by atoms with Gasteiger partial charge >= 0.3 is 24.1 Å². The number of carbonyl (C=O) groups excluding carboxylic acids is 4. The number of cyclic esters (lactones) is 1. The molecule has 0 bridgehead atoms. The largest absolute Gasteiger partial charge is 0.509 e. The highest BCUT2D eigenvalue weighted by Gasteiger charge is 2.59. The van der Waals surface area contributed by atoms with Crippen molar-refractivity contribution < 1.29 is 76.6 Å². The number of fused-ring (bicyclic) bond motifs is 3. The van der Waals surface area contributed by atoms with Crippen LogP contribution >= 0.6 is 0 Å². The van der Waals surface area contributed by atoms with E-state index in [0.29, 0.717) is 61.2 Å². The standard InChI is InChI=1S/C66H88FN7O17/c1-13-51-66(9)59(90-64(83)91-66)37(5)53(71-85-27-17-18-40-19-22-48-42(29-40)54(76)44(60(68)79)33-73(48)14-2)35(3)32-65(8,84-12)58(89-63-56(78)50(72(10)11)28-36(4)86-63)38(6)57(39(7)62(82)87-51)88-52(75)23-26-69-24-15-16-25-70-47-31-49-43(30-46(47)67)55(77)45(61(80)81)34-74(49)41-20-21-41/h19,22,29-31,33-39,41,50-51,56-59,63,69-70,78H,13-16,20-21,23-28,32H2,1-12H3,(H2,68,79)(H,80,81)/b71-53+/t35-,36-,37+,38+,39-,50+,51-,56-,57+,58-,59-,63+,65-,66-/m1/s1. The number of carbonyl (C=O) groups is 5. The second-order valence-corrected chi connectivity index (χ2v) is 25.2. The van der Waals surface area contributed by atoms with Crippen molar-refractivity contribution in [3.8, 4) is 11.8 Å². The number of esters is 2. The Morgan fingerprint density at radius 1 is 0.923 bits per heavy atom. The molecule has 6 N–H and O–H groups in total. The molecule has 25 heteroatoms. The molecule has 14 atom stereocenters. The number of nitrogens with zero attached hydrogens (tertiary/aromatic N) is 4. The second kappa shape index (κ2) is 29.4. The monoisotopic (exact) mass is 1270 g/mol. The Kier molecular flexibility index (Phi) is 22.5. The lowest BCUT2D eigenvalue weighted by atomic mass is 9.73.